The first-order valence-electron chi connectivity index (χ1n) is 15.1. The summed E-state index contributed by atoms with van der Waals surface area (Å²) in [7, 11) is 0. The number of hydrogen-bond acceptors (Lipinski definition) is 7. The van der Waals surface area contributed by atoms with Gasteiger partial charge in [0.2, 0.25) is 5.88 Å². The molecule has 0 saturated heterocycles. The molecule has 212 valence electrons. The third kappa shape index (κ3) is 5.77. The number of pyridine rings is 2. The Balaban J connectivity index is 0.976. The number of hydrogen-bond donors (Lipinski definition) is 2. The zero-order chi connectivity index (χ0) is 28.1. The first kappa shape index (κ1) is 26.4. The van der Waals surface area contributed by atoms with Crippen LogP contribution in [0.5, 0.6) is 5.88 Å². The molecule has 2 N–H and O–H groups in total. The molecule has 0 fully saturated rings. The fraction of sp³-hybridized carbons (Fsp3) is 0.314. The summed E-state index contributed by atoms with van der Waals surface area (Å²) in [5.41, 5.74) is 8.37. The number of rotatable bonds is 9. The number of fused-ring (bicyclic) bond motifs is 3. The number of aromatic nitrogens is 4. The molecule has 0 amide bonds. The average Bonchev–Trinajstić information content (AvgIpc) is 3.05. The minimum Gasteiger partial charge on any atom is -0.471 e. The van der Waals surface area contributed by atoms with Crippen molar-refractivity contribution < 1.29 is 4.74 Å². The number of anilines is 2. The van der Waals surface area contributed by atoms with Crippen LogP contribution in [0.3, 0.4) is 0 Å². The van der Waals surface area contributed by atoms with Gasteiger partial charge in [0.1, 0.15) is 18.8 Å². The molecule has 0 radical (unpaired) electrons. The van der Waals surface area contributed by atoms with Crippen molar-refractivity contribution in [1.82, 2.24) is 19.9 Å². The lowest BCUT2D eigenvalue weighted by Crippen LogP contribution is -2.18. The van der Waals surface area contributed by atoms with Crippen LogP contribution in [0.25, 0.3) is 11.0 Å². The van der Waals surface area contributed by atoms with Crippen LogP contribution in [0.4, 0.5) is 11.5 Å². The molecule has 0 aliphatic heterocycles. The molecule has 2 atom stereocenters. The molecular formula is C35H36N6O. The van der Waals surface area contributed by atoms with Gasteiger partial charge in [0.25, 0.3) is 0 Å². The van der Waals surface area contributed by atoms with E-state index in [0.717, 1.165) is 35.7 Å². The Labute approximate surface area is 246 Å². The summed E-state index contributed by atoms with van der Waals surface area (Å²) in [5, 5.41) is 8.11. The Morgan fingerprint density at radius 1 is 0.738 bits per heavy atom. The Morgan fingerprint density at radius 3 is 2.21 bits per heavy atom. The Bertz CT molecular complexity index is 1690. The number of aryl methyl sites for hydroxylation is 2. The van der Waals surface area contributed by atoms with Crippen LogP contribution in [-0.4, -0.2) is 33.0 Å². The summed E-state index contributed by atoms with van der Waals surface area (Å²) in [5.74, 6) is 2.40. The van der Waals surface area contributed by atoms with E-state index in [4.69, 9.17) is 9.72 Å². The van der Waals surface area contributed by atoms with Crippen LogP contribution in [0.2, 0.25) is 0 Å². The van der Waals surface area contributed by atoms with Crippen molar-refractivity contribution in [1.29, 1.82) is 0 Å². The second-order valence-electron chi connectivity index (χ2n) is 11.4. The normalized spacial score (nSPS) is 17.7. The van der Waals surface area contributed by atoms with Crippen LogP contribution in [-0.2, 0) is 19.4 Å². The van der Waals surface area contributed by atoms with E-state index in [-0.39, 0.29) is 0 Å². The molecule has 2 aliphatic rings. The summed E-state index contributed by atoms with van der Waals surface area (Å²) in [6, 6.07) is 25.6. The molecular weight excluding hydrogens is 520 g/mol. The van der Waals surface area contributed by atoms with E-state index in [9.17, 15) is 0 Å². The van der Waals surface area contributed by atoms with Gasteiger partial charge >= 0.3 is 0 Å². The molecule has 2 aliphatic carbocycles. The van der Waals surface area contributed by atoms with Crippen LogP contribution < -0.4 is 15.4 Å². The minimum absolute atomic E-state index is 0.314. The lowest BCUT2D eigenvalue weighted by atomic mass is 9.83. The predicted molar refractivity (Wildman–Crippen MR) is 167 cm³/mol. The molecule has 2 unspecified atom stereocenters. The molecule has 7 rings (SSSR count). The molecule has 7 heteroatoms. The lowest BCUT2D eigenvalue weighted by molar-refractivity contribution is 0.290. The van der Waals surface area contributed by atoms with Gasteiger partial charge in [0, 0.05) is 42.9 Å². The minimum atomic E-state index is 0.314. The van der Waals surface area contributed by atoms with Crippen molar-refractivity contribution in [3.63, 3.8) is 0 Å². The summed E-state index contributed by atoms with van der Waals surface area (Å²) >= 11 is 0. The molecule has 0 saturated carbocycles. The first-order chi connectivity index (χ1) is 20.8. The van der Waals surface area contributed by atoms with Gasteiger partial charge in [-0.2, -0.15) is 0 Å². The largest absolute Gasteiger partial charge is 0.471 e. The van der Waals surface area contributed by atoms with Gasteiger partial charge in [-0.25, -0.2) is 19.9 Å². The second-order valence-corrected chi connectivity index (χ2v) is 11.4. The topological polar surface area (TPSA) is 84.9 Å². The van der Waals surface area contributed by atoms with Gasteiger partial charge in [-0.1, -0.05) is 48.5 Å². The van der Waals surface area contributed by atoms with E-state index in [2.05, 4.69) is 74.1 Å². The third-order valence-corrected chi connectivity index (χ3v) is 8.71. The maximum atomic E-state index is 6.05. The van der Waals surface area contributed by atoms with Crippen LogP contribution in [0, 0.1) is 0 Å². The smallest absolute Gasteiger partial charge is 0.215 e. The van der Waals surface area contributed by atoms with E-state index in [1.165, 1.54) is 60.8 Å². The standard InChI is InChI=1S/C35H36N6O/c1-3-13-30-24(7-1)9-5-11-26(30)20-37-28-17-18-36-33(19-28)42-22-29-15-16-32-34(39-23-40-35(32)41-29)38-21-27-12-6-10-25-8-2-4-14-31(25)27/h1-4,7-8,13-19,23,26-27H,5-6,9-12,20-22H2,(H,36,37)(H,38,39,40,41). The van der Waals surface area contributed by atoms with Crippen molar-refractivity contribution >= 4 is 22.5 Å². The molecule has 3 heterocycles. The van der Waals surface area contributed by atoms with Gasteiger partial charge in [-0.05, 0) is 79.0 Å². The van der Waals surface area contributed by atoms with Gasteiger partial charge in [-0.15, -0.1) is 0 Å². The quantitative estimate of drug-likeness (QED) is 0.201. The highest BCUT2D eigenvalue weighted by Crippen LogP contribution is 2.33. The highest BCUT2D eigenvalue weighted by Gasteiger charge is 2.21. The fourth-order valence-corrected chi connectivity index (χ4v) is 6.54. The van der Waals surface area contributed by atoms with Crippen molar-refractivity contribution in [2.75, 3.05) is 23.7 Å². The monoisotopic (exact) mass is 556 g/mol. The van der Waals surface area contributed by atoms with E-state index in [0.29, 0.717) is 30.0 Å². The summed E-state index contributed by atoms with van der Waals surface area (Å²) in [6.07, 6.45) is 10.6. The maximum Gasteiger partial charge on any atom is 0.215 e. The maximum absolute atomic E-state index is 6.05. The summed E-state index contributed by atoms with van der Waals surface area (Å²) in [4.78, 5) is 18.2. The number of nitrogens with zero attached hydrogens (tertiary/aromatic N) is 4. The zero-order valence-electron chi connectivity index (χ0n) is 23.8. The van der Waals surface area contributed by atoms with E-state index in [1.54, 1.807) is 12.5 Å². The van der Waals surface area contributed by atoms with Crippen molar-refractivity contribution in [2.45, 2.75) is 57.0 Å². The van der Waals surface area contributed by atoms with Crippen LogP contribution in [0.15, 0.2) is 85.3 Å². The second kappa shape index (κ2) is 12.1. The highest BCUT2D eigenvalue weighted by molar-refractivity contribution is 5.86. The zero-order valence-corrected chi connectivity index (χ0v) is 23.8. The third-order valence-electron chi connectivity index (χ3n) is 8.71. The van der Waals surface area contributed by atoms with Gasteiger partial charge in [0.15, 0.2) is 5.65 Å². The average molecular weight is 557 g/mol. The molecule has 3 aromatic heterocycles. The molecule has 5 aromatic rings. The molecule has 0 spiro atoms. The Kier molecular flexibility index (Phi) is 7.63. The van der Waals surface area contributed by atoms with Gasteiger partial charge in [0.05, 0.1) is 11.1 Å². The Morgan fingerprint density at radius 2 is 1.45 bits per heavy atom. The van der Waals surface area contributed by atoms with E-state index in [1.807, 2.05) is 24.3 Å². The molecule has 2 aromatic carbocycles. The number of benzene rings is 2. The first-order valence-corrected chi connectivity index (χ1v) is 15.1. The Hall–Kier alpha value is -4.52. The number of ether oxygens (including phenoxy) is 1. The lowest BCUT2D eigenvalue weighted by Gasteiger charge is -2.26. The SMILES string of the molecule is c1ccc2c(c1)CCCC2CNc1ccnc(OCc2ccc3c(NCC4CCCc5ccccc54)ncnc3n2)c1. The van der Waals surface area contributed by atoms with Crippen molar-refractivity contribution in [3.05, 3.63) is 113 Å². The summed E-state index contributed by atoms with van der Waals surface area (Å²) in [6.45, 7) is 2.06. The van der Waals surface area contributed by atoms with Gasteiger partial charge < -0.3 is 15.4 Å². The fourth-order valence-electron chi connectivity index (χ4n) is 6.54. The number of nitrogens with one attached hydrogen (secondary N) is 2. The predicted octanol–water partition coefficient (Wildman–Crippen LogP) is 7.06. The van der Waals surface area contributed by atoms with E-state index >= 15 is 0 Å². The highest BCUT2D eigenvalue weighted by atomic mass is 16.5. The molecule has 7 nitrogen and oxygen atoms in total. The summed E-state index contributed by atoms with van der Waals surface area (Å²) < 4.78 is 6.05. The van der Waals surface area contributed by atoms with Crippen LogP contribution >= 0.6 is 0 Å². The van der Waals surface area contributed by atoms with Gasteiger partial charge in [-0.3, -0.25) is 0 Å². The molecule has 42 heavy (non-hydrogen) atoms. The van der Waals surface area contributed by atoms with Crippen molar-refractivity contribution in [2.24, 2.45) is 0 Å². The van der Waals surface area contributed by atoms with E-state index < -0.39 is 0 Å². The van der Waals surface area contributed by atoms with Crippen LogP contribution in [0.1, 0.15) is 65.5 Å². The molecule has 0 bridgehead atoms. The van der Waals surface area contributed by atoms with Crippen molar-refractivity contribution in [3.8, 4) is 5.88 Å².